The lowest BCUT2D eigenvalue weighted by Crippen LogP contribution is -2.08. The topological polar surface area (TPSA) is 97.7 Å². The minimum Gasteiger partial charge on any atom is -0.493 e. The average Bonchev–Trinajstić information content (AvgIpc) is 3.18. The Morgan fingerprint density at radius 1 is 1.19 bits per heavy atom. The van der Waals surface area contributed by atoms with E-state index >= 15 is 0 Å². The quantitative estimate of drug-likeness (QED) is 0.559. The number of rotatable bonds is 4. The van der Waals surface area contributed by atoms with Gasteiger partial charge in [0.15, 0.2) is 5.69 Å². The summed E-state index contributed by atoms with van der Waals surface area (Å²) < 4.78 is 3.22. The Morgan fingerprint density at radius 2 is 2.00 bits per heavy atom. The first-order valence-electron chi connectivity index (χ1n) is 8.63. The molecule has 0 bridgehead atoms. The van der Waals surface area contributed by atoms with E-state index in [1.165, 1.54) is 4.68 Å². The highest BCUT2D eigenvalue weighted by Crippen LogP contribution is 2.39. The first kappa shape index (κ1) is 16.9. The highest BCUT2D eigenvalue weighted by Gasteiger charge is 2.16. The lowest BCUT2D eigenvalue weighted by molar-refractivity contribution is -0.119. The number of carbonyl (C=O) groups is 1. The first-order valence-corrected chi connectivity index (χ1v) is 8.63. The van der Waals surface area contributed by atoms with Crippen molar-refractivity contribution in [2.75, 3.05) is 0 Å². The number of aryl methyl sites for hydroxylation is 2. The van der Waals surface area contributed by atoms with Gasteiger partial charge in [-0.25, -0.2) is 4.68 Å². The molecule has 4 rings (SSSR count). The largest absolute Gasteiger partial charge is 0.493 e. The zero-order valence-electron chi connectivity index (χ0n) is 15.0. The van der Waals surface area contributed by atoms with Crippen LogP contribution in [0.15, 0.2) is 52.7 Å². The Hall–Kier alpha value is -3.55. The van der Waals surface area contributed by atoms with E-state index in [4.69, 9.17) is 0 Å². The number of para-hydroxylation sites is 1. The number of carbonyl (C=O) groups excluding carboxylic acids is 1. The van der Waals surface area contributed by atoms with Crippen LogP contribution in [0.2, 0.25) is 0 Å². The monoisotopic (exact) mass is 362 g/mol. The standard InChI is InChI=1S/C19H18N6O2/c1-3-24-15-9-8-12(2)10-13(15)18(19(24)27)22-21-17(26)11-25-16-7-5-4-6-14(16)20-23-25/h4-10,27H,3,11H2,1-2H3. The molecule has 2 aromatic heterocycles. The minimum absolute atomic E-state index is 0.000792. The maximum Gasteiger partial charge on any atom is 0.286 e. The van der Waals surface area contributed by atoms with Crippen LogP contribution in [0.3, 0.4) is 0 Å². The molecule has 1 N–H and O–H groups in total. The fourth-order valence-corrected chi connectivity index (χ4v) is 3.16. The molecule has 0 unspecified atom stereocenters. The maximum atomic E-state index is 12.3. The zero-order valence-corrected chi connectivity index (χ0v) is 15.0. The van der Waals surface area contributed by atoms with Crippen LogP contribution in [0.4, 0.5) is 5.69 Å². The summed E-state index contributed by atoms with van der Waals surface area (Å²) in [6.45, 7) is 4.40. The van der Waals surface area contributed by atoms with Gasteiger partial charge in [-0.15, -0.1) is 15.3 Å². The van der Waals surface area contributed by atoms with Gasteiger partial charge in [0, 0.05) is 11.9 Å². The molecule has 0 spiro atoms. The summed E-state index contributed by atoms with van der Waals surface area (Å²) in [6.07, 6.45) is 0. The number of fused-ring (bicyclic) bond motifs is 2. The van der Waals surface area contributed by atoms with Crippen molar-refractivity contribution < 1.29 is 9.90 Å². The first-order chi connectivity index (χ1) is 13.1. The normalized spacial score (nSPS) is 11.8. The summed E-state index contributed by atoms with van der Waals surface area (Å²) >= 11 is 0. The van der Waals surface area contributed by atoms with E-state index in [9.17, 15) is 9.90 Å². The molecule has 0 saturated carbocycles. The Morgan fingerprint density at radius 3 is 2.81 bits per heavy atom. The van der Waals surface area contributed by atoms with Gasteiger partial charge >= 0.3 is 0 Å². The summed E-state index contributed by atoms with van der Waals surface area (Å²) in [7, 11) is 0. The number of azo groups is 1. The van der Waals surface area contributed by atoms with E-state index < -0.39 is 5.91 Å². The Bertz CT molecular complexity index is 1190. The van der Waals surface area contributed by atoms with Gasteiger partial charge in [-0.05, 0) is 38.1 Å². The van der Waals surface area contributed by atoms with E-state index in [2.05, 4.69) is 20.5 Å². The van der Waals surface area contributed by atoms with Gasteiger partial charge in [-0.1, -0.05) is 29.0 Å². The molecule has 2 aromatic carbocycles. The smallest absolute Gasteiger partial charge is 0.286 e. The summed E-state index contributed by atoms with van der Waals surface area (Å²) in [4.78, 5) is 12.3. The van der Waals surface area contributed by atoms with Gasteiger partial charge < -0.3 is 9.67 Å². The van der Waals surface area contributed by atoms with Crippen molar-refractivity contribution in [2.24, 2.45) is 10.2 Å². The number of aromatic hydroxyl groups is 1. The van der Waals surface area contributed by atoms with Gasteiger partial charge in [0.2, 0.25) is 5.88 Å². The molecule has 0 radical (unpaired) electrons. The molecule has 0 aliphatic carbocycles. The zero-order chi connectivity index (χ0) is 19.0. The van der Waals surface area contributed by atoms with Crippen LogP contribution in [-0.4, -0.2) is 30.6 Å². The van der Waals surface area contributed by atoms with Gasteiger partial charge in [-0.2, -0.15) is 0 Å². The van der Waals surface area contributed by atoms with Crippen molar-refractivity contribution in [1.82, 2.24) is 19.6 Å². The number of hydrogen-bond acceptors (Lipinski definition) is 5. The molecular weight excluding hydrogens is 344 g/mol. The van der Waals surface area contributed by atoms with Crippen molar-refractivity contribution in [3.8, 4) is 5.88 Å². The van der Waals surface area contributed by atoms with E-state index in [1.54, 1.807) is 4.57 Å². The lowest BCUT2D eigenvalue weighted by atomic mass is 10.1. The highest BCUT2D eigenvalue weighted by molar-refractivity contribution is 5.95. The molecular formula is C19H18N6O2. The molecule has 0 aliphatic rings. The molecule has 0 atom stereocenters. The molecule has 8 heteroatoms. The Labute approximate surface area is 154 Å². The Kier molecular flexibility index (Phi) is 4.15. The fraction of sp³-hybridized carbons (Fsp3) is 0.211. The second-order valence-electron chi connectivity index (χ2n) is 6.27. The number of hydrogen-bond donors (Lipinski definition) is 1. The molecule has 0 saturated heterocycles. The molecule has 27 heavy (non-hydrogen) atoms. The van der Waals surface area contributed by atoms with Crippen LogP contribution in [0.1, 0.15) is 12.5 Å². The van der Waals surface area contributed by atoms with E-state index in [-0.39, 0.29) is 12.4 Å². The van der Waals surface area contributed by atoms with Gasteiger partial charge in [0.1, 0.15) is 12.1 Å². The fourth-order valence-electron chi connectivity index (χ4n) is 3.16. The highest BCUT2D eigenvalue weighted by atomic mass is 16.3. The molecule has 0 fully saturated rings. The molecule has 8 nitrogen and oxygen atoms in total. The van der Waals surface area contributed by atoms with Gasteiger partial charge in [0.25, 0.3) is 5.91 Å². The summed E-state index contributed by atoms with van der Waals surface area (Å²) in [5.41, 5.74) is 3.65. The predicted octanol–water partition coefficient (Wildman–Crippen LogP) is 3.73. The van der Waals surface area contributed by atoms with Crippen molar-refractivity contribution in [3.63, 3.8) is 0 Å². The Balaban J connectivity index is 1.65. The number of aromatic nitrogens is 4. The van der Waals surface area contributed by atoms with Crippen LogP contribution in [-0.2, 0) is 17.9 Å². The van der Waals surface area contributed by atoms with Crippen LogP contribution in [0.5, 0.6) is 5.88 Å². The molecule has 4 aromatic rings. The lowest BCUT2D eigenvalue weighted by Gasteiger charge is -2.01. The van der Waals surface area contributed by atoms with Crippen LogP contribution < -0.4 is 0 Å². The third kappa shape index (κ3) is 2.95. The maximum absolute atomic E-state index is 12.3. The summed E-state index contributed by atoms with van der Waals surface area (Å²) in [6, 6.07) is 13.2. The summed E-state index contributed by atoms with van der Waals surface area (Å²) in [5.74, 6) is -0.476. The van der Waals surface area contributed by atoms with E-state index in [0.717, 1.165) is 22.0 Å². The predicted molar refractivity (Wildman–Crippen MR) is 101 cm³/mol. The number of benzene rings is 2. The second-order valence-corrected chi connectivity index (χ2v) is 6.27. The third-order valence-electron chi connectivity index (χ3n) is 4.45. The third-order valence-corrected chi connectivity index (χ3v) is 4.45. The minimum atomic E-state index is -0.477. The number of nitrogens with zero attached hydrogens (tertiary/aromatic N) is 6. The van der Waals surface area contributed by atoms with Crippen molar-refractivity contribution in [1.29, 1.82) is 0 Å². The van der Waals surface area contributed by atoms with Gasteiger partial charge in [0.05, 0.1) is 11.0 Å². The molecule has 0 aliphatic heterocycles. The van der Waals surface area contributed by atoms with Crippen molar-refractivity contribution in [3.05, 3.63) is 48.0 Å². The SMILES string of the molecule is CCn1c(O)c(N=NC(=O)Cn2nnc3ccccc32)c2cc(C)ccc21. The van der Waals surface area contributed by atoms with Crippen LogP contribution >= 0.6 is 0 Å². The van der Waals surface area contributed by atoms with E-state index in [0.29, 0.717) is 17.7 Å². The second kappa shape index (κ2) is 6.64. The van der Waals surface area contributed by atoms with E-state index in [1.807, 2.05) is 56.3 Å². The molecule has 1 amide bonds. The van der Waals surface area contributed by atoms with Gasteiger partial charge in [-0.3, -0.25) is 4.79 Å². The summed E-state index contributed by atoms with van der Waals surface area (Å²) in [5, 5.41) is 27.1. The molecule has 2 heterocycles. The molecule has 136 valence electrons. The van der Waals surface area contributed by atoms with Crippen molar-refractivity contribution >= 4 is 33.5 Å². The average molecular weight is 362 g/mol. The van der Waals surface area contributed by atoms with Crippen molar-refractivity contribution in [2.45, 2.75) is 26.9 Å². The van der Waals surface area contributed by atoms with Crippen LogP contribution in [0, 0.1) is 6.92 Å². The number of amides is 1. The van der Waals surface area contributed by atoms with Crippen LogP contribution in [0.25, 0.3) is 21.9 Å².